The van der Waals surface area contributed by atoms with Crippen LogP contribution in [0.3, 0.4) is 0 Å². The molecule has 1 aliphatic rings. The molecule has 1 heterocycles. The fourth-order valence-electron chi connectivity index (χ4n) is 1.81. The summed E-state index contributed by atoms with van der Waals surface area (Å²) in [5, 5.41) is 0. The average molecular weight is 197 g/mol. The van der Waals surface area contributed by atoms with Crippen LogP contribution >= 0.6 is 0 Å². The quantitative estimate of drug-likeness (QED) is 0.729. The molecule has 0 aromatic heterocycles. The zero-order valence-electron chi connectivity index (χ0n) is 9.66. The van der Waals surface area contributed by atoms with E-state index in [-0.39, 0.29) is 6.04 Å². The van der Waals surface area contributed by atoms with Crippen molar-refractivity contribution < 1.29 is 0 Å². The predicted molar refractivity (Wildman–Crippen MR) is 61.1 cm³/mol. The molecule has 14 heavy (non-hydrogen) atoms. The minimum atomic E-state index is 0.0839. The Morgan fingerprint density at radius 1 is 1.14 bits per heavy atom. The average Bonchev–Trinajstić information content (AvgIpc) is 2.16. The molecule has 1 saturated heterocycles. The third-order valence-corrected chi connectivity index (χ3v) is 2.98. The van der Waals surface area contributed by atoms with Gasteiger partial charge < -0.3 is 10.6 Å². The Balaban J connectivity index is 2.39. The van der Waals surface area contributed by atoms with E-state index in [1.165, 1.54) is 0 Å². The molecule has 0 aliphatic carbocycles. The second-order valence-corrected chi connectivity index (χ2v) is 4.40. The van der Waals surface area contributed by atoms with Crippen molar-refractivity contribution in [3.63, 3.8) is 0 Å². The van der Waals surface area contributed by atoms with Gasteiger partial charge in [0.05, 0.1) is 0 Å². The summed E-state index contributed by atoms with van der Waals surface area (Å²) >= 11 is 0. The highest BCUT2D eigenvalue weighted by Gasteiger charge is 2.20. The minimum Gasteiger partial charge on any atom is -0.371 e. The fraction of sp³-hybridized carbons (Fsp3) is 0.818. The van der Waals surface area contributed by atoms with Crippen molar-refractivity contribution in [1.29, 1.82) is 0 Å². The molecule has 82 valence electrons. The van der Waals surface area contributed by atoms with Crippen LogP contribution in [0.5, 0.6) is 0 Å². The van der Waals surface area contributed by atoms with Crippen LogP contribution in [-0.2, 0) is 0 Å². The molecule has 0 bridgehead atoms. The van der Waals surface area contributed by atoms with Crippen LogP contribution in [0.15, 0.2) is 12.3 Å². The van der Waals surface area contributed by atoms with Gasteiger partial charge in [-0.2, -0.15) is 0 Å². The molecule has 1 fully saturated rings. The molecule has 1 atom stereocenters. The summed E-state index contributed by atoms with van der Waals surface area (Å²) in [6.07, 6.45) is 0. The molecule has 0 saturated carbocycles. The van der Waals surface area contributed by atoms with Gasteiger partial charge in [-0.15, -0.1) is 0 Å². The van der Waals surface area contributed by atoms with E-state index in [1.807, 2.05) is 6.92 Å². The van der Waals surface area contributed by atoms with Gasteiger partial charge in [0.1, 0.15) is 0 Å². The zero-order chi connectivity index (χ0) is 10.7. The van der Waals surface area contributed by atoms with E-state index >= 15 is 0 Å². The van der Waals surface area contributed by atoms with Crippen LogP contribution in [0.4, 0.5) is 0 Å². The van der Waals surface area contributed by atoms with Crippen molar-refractivity contribution in [3.05, 3.63) is 12.3 Å². The Kier molecular flexibility index (Phi) is 3.96. The summed E-state index contributed by atoms with van der Waals surface area (Å²) in [4.78, 5) is 4.80. The predicted octanol–water partition coefficient (Wildman–Crippen LogP) is 0.873. The Morgan fingerprint density at radius 2 is 1.64 bits per heavy atom. The van der Waals surface area contributed by atoms with E-state index in [0.717, 1.165) is 31.9 Å². The van der Waals surface area contributed by atoms with Gasteiger partial charge in [-0.1, -0.05) is 6.58 Å². The summed E-state index contributed by atoms with van der Waals surface area (Å²) in [7, 11) is 0. The van der Waals surface area contributed by atoms with Gasteiger partial charge >= 0.3 is 0 Å². The van der Waals surface area contributed by atoms with E-state index in [1.54, 1.807) is 0 Å². The molecule has 2 N–H and O–H groups in total. The van der Waals surface area contributed by atoms with E-state index < -0.39 is 0 Å². The zero-order valence-corrected chi connectivity index (χ0v) is 9.66. The largest absolute Gasteiger partial charge is 0.371 e. The molecule has 0 radical (unpaired) electrons. The van der Waals surface area contributed by atoms with E-state index in [0.29, 0.717) is 6.04 Å². The van der Waals surface area contributed by atoms with Crippen LogP contribution in [0.25, 0.3) is 0 Å². The molecule has 0 unspecified atom stereocenters. The highest BCUT2D eigenvalue weighted by atomic mass is 15.3. The van der Waals surface area contributed by atoms with Crippen molar-refractivity contribution in [3.8, 4) is 0 Å². The van der Waals surface area contributed by atoms with Crippen LogP contribution in [-0.4, -0.2) is 48.1 Å². The second kappa shape index (κ2) is 4.80. The molecule has 1 rings (SSSR count). The summed E-state index contributed by atoms with van der Waals surface area (Å²) in [6, 6.07) is 0.737. The van der Waals surface area contributed by atoms with Gasteiger partial charge in [0.2, 0.25) is 0 Å². The van der Waals surface area contributed by atoms with E-state index in [2.05, 4.69) is 30.2 Å². The summed E-state index contributed by atoms with van der Waals surface area (Å²) in [6.45, 7) is 14.9. The lowest BCUT2D eigenvalue weighted by molar-refractivity contribution is 0.127. The number of hydrogen-bond acceptors (Lipinski definition) is 3. The Hall–Kier alpha value is -0.540. The Labute approximate surface area is 87.6 Å². The van der Waals surface area contributed by atoms with Gasteiger partial charge in [0.25, 0.3) is 0 Å². The summed E-state index contributed by atoms with van der Waals surface area (Å²) in [5.74, 6) is 0. The van der Waals surface area contributed by atoms with Crippen molar-refractivity contribution in [2.75, 3.05) is 26.2 Å². The normalized spacial score (nSPS) is 21.4. The summed E-state index contributed by atoms with van der Waals surface area (Å²) < 4.78 is 0. The molecule has 3 nitrogen and oxygen atoms in total. The maximum Gasteiger partial charge on any atom is 0.0411 e. The monoisotopic (exact) mass is 197 g/mol. The SMILES string of the molecule is C=C([C@H](C)N)N1CCN(C(C)C)CC1. The van der Waals surface area contributed by atoms with Crippen LogP contribution in [0, 0.1) is 0 Å². The number of nitrogens with two attached hydrogens (primary N) is 1. The first-order valence-corrected chi connectivity index (χ1v) is 5.45. The first-order valence-electron chi connectivity index (χ1n) is 5.45. The maximum atomic E-state index is 5.81. The molecular weight excluding hydrogens is 174 g/mol. The number of nitrogens with zero attached hydrogens (tertiary/aromatic N) is 2. The first kappa shape index (κ1) is 11.5. The van der Waals surface area contributed by atoms with Gasteiger partial charge in [0.15, 0.2) is 0 Å². The topological polar surface area (TPSA) is 32.5 Å². The fourth-order valence-corrected chi connectivity index (χ4v) is 1.81. The van der Waals surface area contributed by atoms with Gasteiger partial charge in [0, 0.05) is 44.0 Å². The van der Waals surface area contributed by atoms with Crippen molar-refractivity contribution in [2.24, 2.45) is 5.73 Å². The molecule has 0 amide bonds. The number of rotatable bonds is 3. The number of piperazine rings is 1. The highest BCUT2D eigenvalue weighted by molar-refractivity contribution is 5.03. The molecule has 1 aliphatic heterocycles. The third kappa shape index (κ3) is 2.72. The lowest BCUT2D eigenvalue weighted by Gasteiger charge is -2.39. The van der Waals surface area contributed by atoms with Gasteiger partial charge in [-0.25, -0.2) is 0 Å². The summed E-state index contributed by atoms with van der Waals surface area (Å²) in [5.41, 5.74) is 6.88. The Morgan fingerprint density at radius 3 is 2.00 bits per heavy atom. The maximum absolute atomic E-state index is 5.81. The molecule has 0 aromatic rings. The minimum absolute atomic E-state index is 0.0839. The molecule has 0 spiro atoms. The Bertz CT molecular complexity index is 191. The molecule has 3 heteroatoms. The van der Waals surface area contributed by atoms with Gasteiger partial charge in [-0.05, 0) is 20.8 Å². The lowest BCUT2D eigenvalue weighted by Crippen LogP contribution is -2.49. The first-order chi connectivity index (χ1) is 6.52. The van der Waals surface area contributed by atoms with Crippen LogP contribution in [0.2, 0.25) is 0 Å². The van der Waals surface area contributed by atoms with Crippen molar-refractivity contribution in [2.45, 2.75) is 32.9 Å². The standard InChI is InChI=1S/C11H23N3/c1-9(2)13-5-7-14(8-6-13)11(4)10(3)12/h9-10H,4-8,12H2,1-3H3/t10-/m0/s1. The third-order valence-electron chi connectivity index (χ3n) is 2.98. The van der Waals surface area contributed by atoms with E-state index in [4.69, 9.17) is 5.73 Å². The molecular formula is C11H23N3. The highest BCUT2D eigenvalue weighted by Crippen LogP contribution is 2.11. The number of hydrogen-bond donors (Lipinski definition) is 1. The van der Waals surface area contributed by atoms with Crippen molar-refractivity contribution >= 4 is 0 Å². The van der Waals surface area contributed by atoms with Crippen LogP contribution in [0.1, 0.15) is 20.8 Å². The van der Waals surface area contributed by atoms with Crippen molar-refractivity contribution in [1.82, 2.24) is 9.80 Å². The van der Waals surface area contributed by atoms with Gasteiger partial charge in [-0.3, -0.25) is 4.90 Å². The molecule has 0 aromatic carbocycles. The van der Waals surface area contributed by atoms with E-state index in [9.17, 15) is 0 Å². The second-order valence-electron chi connectivity index (χ2n) is 4.40. The smallest absolute Gasteiger partial charge is 0.0411 e. The van der Waals surface area contributed by atoms with Crippen LogP contribution < -0.4 is 5.73 Å². The lowest BCUT2D eigenvalue weighted by atomic mass is 10.2.